The second-order valence-corrected chi connectivity index (χ2v) is 3.15. The van der Waals surface area contributed by atoms with Gasteiger partial charge in [-0.15, -0.1) is 0 Å². The summed E-state index contributed by atoms with van der Waals surface area (Å²) in [4.78, 5) is 0. The molecule has 1 N–H and O–H groups in total. The summed E-state index contributed by atoms with van der Waals surface area (Å²) in [6, 6.07) is 9.77. The van der Waals surface area contributed by atoms with Gasteiger partial charge >= 0.3 is 0 Å². The molecule has 0 aromatic heterocycles. The van der Waals surface area contributed by atoms with E-state index in [1.54, 1.807) is 6.92 Å². The van der Waals surface area contributed by atoms with Crippen LogP contribution in [0.1, 0.15) is 17.7 Å². The number of thiol groups is 1. The van der Waals surface area contributed by atoms with Crippen molar-refractivity contribution in [3.8, 4) is 0 Å². The molecule has 0 spiro atoms. The summed E-state index contributed by atoms with van der Waals surface area (Å²) in [6.07, 6.45) is -0.402. The lowest BCUT2D eigenvalue weighted by atomic mass is 10.1. The summed E-state index contributed by atoms with van der Waals surface area (Å²) in [5.74, 6) is 0. The van der Waals surface area contributed by atoms with Gasteiger partial charge in [0.2, 0.25) is 0 Å². The lowest BCUT2D eigenvalue weighted by Gasteiger charge is -2.13. The van der Waals surface area contributed by atoms with Gasteiger partial charge in [0.25, 0.3) is 0 Å². The van der Waals surface area contributed by atoms with Crippen molar-refractivity contribution in [2.45, 2.75) is 18.3 Å². The molecule has 11 heavy (non-hydrogen) atoms. The maximum absolute atomic E-state index is 9.20. The van der Waals surface area contributed by atoms with Gasteiger partial charge in [0.1, 0.15) is 0 Å². The number of aliphatic hydroxyl groups is 1. The third-order valence-electron chi connectivity index (χ3n) is 1.60. The minimum Gasteiger partial charge on any atom is -0.392 e. The lowest BCUT2D eigenvalue weighted by Crippen LogP contribution is -2.08. The van der Waals surface area contributed by atoms with Gasteiger partial charge < -0.3 is 5.11 Å². The Hall–Kier alpha value is -0.470. The van der Waals surface area contributed by atoms with Crippen LogP contribution in [0.4, 0.5) is 0 Å². The molecule has 0 aliphatic rings. The normalized spacial score (nSPS) is 15.9. The minimum atomic E-state index is -0.402. The molecule has 2 heteroatoms. The van der Waals surface area contributed by atoms with Crippen LogP contribution >= 0.6 is 12.6 Å². The van der Waals surface area contributed by atoms with Crippen LogP contribution in [0.2, 0.25) is 0 Å². The van der Waals surface area contributed by atoms with Crippen molar-refractivity contribution in [3.05, 3.63) is 35.9 Å². The van der Waals surface area contributed by atoms with Crippen LogP contribution in [-0.2, 0) is 0 Å². The Labute approximate surface area is 72.5 Å². The maximum Gasteiger partial charge on any atom is 0.0669 e. The molecule has 2 atom stereocenters. The van der Waals surface area contributed by atoms with Crippen molar-refractivity contribution < 1.29 is 5.11 Å². The van der Waals surface area contributed by atoms with Gasteiger partial charge in [-0.3, -0.25) is 0 Å². The van der Waals surface area contributed by atoms with Crippen LogP contribution in [0, 0.1) is 0 Å². The minimum absolute atomic E-state index is 0.0730. The zero-order valence-electron chi connectivity index (χ0n) is 6.44. The monoisotopic (exact) mass is 168 g/mol. The molecule has 1 aromatic carbocycles. The highest BCUT2D eigenvalue weighted by Crippen LogP contribution is 2.22. The van der Waals surface area contributed by atoms with Gasteiger partial charge in [0, 0.05) is 0 Å². The average molecular weight is 168 g/mol. The van der Waals surface area contributed by atoms with Crippen molar-refractivity contribution in [2.75, 3.05) is 0 Å². The first-order chi connectivity index (χ1) is 5.22. The largest absolute Gasteiger partial charge is 0.392 e. The van der Waals surface area contributed by atoms with Crippen LogP contribution in [0.25, 0.3) is 0 Å². The van der Waals surface area contributed by atoms with E-state index < -0.39 is 6.10 Å². The van der Waals surface area contributed by atoms with E-state index in [0.717, 1.165) is 5.56 Å². The van der Waals surface area contributed by atoms with E-state index in [1.165, 1.54) is 0 Å². The maximum atomic E-state index is 9.20. The molecular formula is C9H12OS. The summed E-state index contributed by atoms with van der Waals surface area (Å²) in [5.41, 5.74) is 1.06. The summed E-state index contributed by atoms with van der Waals surface area (Å²) in [7, 11) is 0. The van der Waals surface area contributed by atoms with Crippen molar-refractivity contribution in [1.29, 1.82) is 0 Å². The van der Waals surface area contributed by atoms with Gasteiger partial charge in [-0.05, 0) is 12.5 Å². The molecule has 1 nitrogen and oxygen atoms in total. The van der Waals surface area contributed by atoms with Crippen LogP contribution in [0.5, 0.6) is 0 Å². The van der Waals surface area contributed by atoms with E-state index in [0.29, 0.717) is 0 Å². The predicted molar refractivity (Wildman–Crippen MR) is 49.8 cm³/mol. The van der Waals surface area contributed by atoms with Crippen molar-refractivity contribution in [3.63, 3.8) is 0 Å². The second-order valence-electron chi connectivity index (χ2n) is 2.60. The van der Waals surface area contributed by atoms with Crippen molar-refractivity contribution in [2.24, 2.45) is 0 Å². The average Bonchev–Trinajstić information content (AvgIpc) is 2.05. The van der Waals surface area contributed by atoms with Gasteiger partial charge in [-0.25, -0.2) is 0 Å². The topological polar surface area (TPSA) is 20.2 Å². The second kappa shape index (κ2) is 3.79. The molecule has 0 radical (unpaired) electrons. The van der Waals surface area contributed by atoms with Crippen LogP contribution in [0.15, 0.2) is 30.3 Å². The Balaban J connectivity index is 2.77. The molecule has 1 aromatic rings. The Kier molecular flexibility index (Phi) is 2.97. The number of benzene rings is 1. The summed E-state index contributed by atoms with van der Waals surface area (Å²) < 4.78 is 0. The molecule has 0 bridgehead atoms. The molecule has 60 valence electrons. The Morgan fingerprint density at radius 3 is 2.27 bits per heavy atom. The van der Waals surface area contributed by atoms with Gasteiger partial charge in [0.15, 0.2) is 0 Å². The highest BCUT2D eigenvalue weighted by Gasteiger charge is 2.10. The number of aliphatic hydroxyl groups excluding tert-OH is 1. The smallest absolute Gasteiger partial charge is 0.0669 e. The standard InChI is InChI=1S/C9H12OS/c1-7(10)9(11)8-5-3-2-4-6-8/h2-7,9-11H,1H3/t7-,9+/m0/s1. The zero-order chi connectivity index (χ0) is 8.27. The molecule has 0 amide bonds. The molecule has 0 aliphatic heterocycles. The summed E-state index contributed by atoms with van der Waals surface area (Å²) in [6.45, 7) is 1.74. The molecule has 0 heterocycles. The SMILES string of the molecule is C[C@H](O)[C@@H](S)c1ccccc1. The highest BCUT2D eigenvalue weighted by atomic mass is 32.1. The summed E-state index contributed by atoms with van der Waals surface area (Å²) >= 11 is 4.26. The van der Waals surface area contributed by atoms with Crippen LogP contribution < -0.4 is 0 Å². The lowest BCUT2D eigenvalue weighted by molar-refractivity contribution is 0.192. The molecule has 0 fully saturated rings. The fourth-order valence-electron chi connectivity index (χ4n) is 0.929. The Bertz CT molecular complexity index is 208. The molecule has 0 unspecified atom stereocenters. The molecule has 0 aliphatic carbocycles. The third-order valence-corrected chi connectivity index (χ3v) is 2.33. The first kappa shape index (κ1) is 8.62. The van der Waals surface area contributed by atoms with Crippen molar-refractivity contribution >= 4 is 12.6 Å². The summed E-state index contributed by atoms with van der Waals surface area (Å²) in [5, 5.41) is 9.12. The molecular weight excluding hydrogens is 156 g/mol. The van der Waals surface area contributed by atoms with E-state index in [1.807, 2.05) is 30.3 Å². The molecule has 0 saturated heterocycles. The Morgan fingerprint density at radius 2 is 1.82 bits per heavy atom. The number of hydrogen-bond donors (Lipinski definition) is 2. The molecule has 1 rings (SSSR count). The van der Waals surface area contributed by atoms with Crippen LogP contribution in [0.3, 0.4) is 0 Å². The van der Waals surface area contributed by atoms with E-state index in [4.69, 9.17) is 0 Å². The van der Waals surface area contributed by atoms with Gasteiger partial charge in [-0.1, -0.05) is 30.3 Å². The van der Waals surface area contributed by atoms with E-state index in [9.17, 15) is 5.11 Å². The quantitative estimate of drug-likeness (QED) is 0.647. The van der Waals surface area contributed by atoms with Gasteiger partial charge in [0.05, 0.1) is 11.4 Å². The fourth-order valence-corrected chi connectivity index (χ4v) is 1.10. The van der Waals surface area contributed by atoms with E-state index in [-0.39, 0.29) is 5.25 Å². The third kappa shape index (κ3) is 2.24. The first-order valence-corrected chi connectivity index (χ1v) is 4.14. The van der Waals surface area contributed by atoms with E-state index in [2.05, 4.69) is 12.6 Å². The van der Waals surface area contributed by atoms with Gasteiger partial charge in [-0.2, -0.15) is 12.6 Å². The predicted octanol–water partition coefficient (Wildman–Crippen LogP) is 2.04. The zero-order valence-corrected chi connectivity index (χ0v) is 7.33. The number of rotatable bonds is 2. The number of hydrogen-bond acceptors (Lipinski definition) is 2. The highest BCUT2D eigenvalue weighted by molar-refractivity contribution is 7.80. The first-order valence-electron chi connectivity index (χ1n) is 3.63. The molecule has 0 saturated carbocycles. The van der Waals surface area contributed by atoms with E-state index >= 15 is 0 Å². The Morgan fingerprint density at radius 1 is 1.27 bits per heavy atom. The fraction of sp³-hybridized carbons (Fsp3) is 0.333. The van der Waals surface area contributed by atoms with Crippen LogP contribution in [-0.4, -0.2) is 11.2 Å². The van der Waals surface area contributed by atoms with Crippen molar-refractivity contribution in [1.82, 2.24) is 0 Å².